The minimum atomic E-state index is -3.60. The van der Waals surface area contributed by atoms with Crippen LogP contribution in [0.25, 0.3) is 22.0 Å². The smallest absolute Gasteiger partial charge is 0.307 e. The van der Waals surface area contributed by atoms with Gasteiger partial charge in [0.2, 0.25) is 10.0 Å². The molecule has 0 bridgehead atoms. The minimum absolute atomic E-state index is 0.210. The summed E-state index contributed by atoms with van der Waals surface area (Å²) in [7, 11) is -3.60. The Morgan fingerprint density at radius 3 is 2.44 bits per heavy atom. The number of aromatic nitrogens is 1. The molecule has 182 valence electrons. The molecule has 34 heavy (non-hydrogen) atoms. The van der Waals surface area contributed by atoms with E-state index in [2.05, 4.69) is 0 Å². The van der Waals surface area contributed by atoms with Crippen molar-refractivity contribution in [2.75, 3.05) is 17.1 Å². The third-order valence-corrected chi connectivity index (χ3v) is 7.50. The molecule has 0 saturated carbocycles. The van der Waals surface area contributed by atoms with Crippen molar-refractivity contribution in [3.8, 4) is 16.9 Å². The van der Waals surface area contributed by atoms with E-state index >= 15 is 0 Å². The van der Waals surface area contributed by atoms with E-state index in [1.165, 1.54) is 4.31 Å². The molecule has 4 rings (SSSR count). The van der Waals surface area contributed by atoms with Crippen LogP contribution in [0.1, 0.15) is 31.9 Å². The van der Waals surface area contributed by atoms with Gasteiger partial charge in [0.05, 0.1) is 30.4 Å². The number of ether oxygens (including phenoxy) is 1. The fraction of sp³-hybridized carbons (Fsp3) is 0.375. The van der Waals surface area contributed by atoms with E-state index in [1.807, 2.05) is 25.3 Å². The number of carboxylic acid groups (broad SMARTS) is 1. The van der Waals surface area contributed by atoms with Crippen molar-refractivity contribution in [2.24, 2.45) is 0 Å². The number of halogens is 2. The fourth-order valence-corrected chi connectivity index (χ4v) is 6.00. The molecule has 0 aliphatic carbocycles. The van der Waals surface area contributed by atoms with Gasteiger partial charge in [0.15, 0.2) is 0 Å². The van der Waals surface area contributed by atoms with Crippen LogP contribution in [0.3, 0.4) is 0 Å². The zero-order valence-corrected chi connectivity index (χ0v) is 21.9. The maximum atomic E-state index is 12.7. The highest BCUT2D eigenvalue weighted by Crippen LogP contribution is 2.48. The van der Waals surface area contributed by atoms with Crippen LogP contribution >= 0.6 is 23.2 Å². The summed E-state index contributed by atoms with van der Waals surface area (Å²) in [5.41, 5.74) is 2.95. The average Bonchev–Trinajstić information content (AvgIpc) is 3.01. The monoisotopic (exact) mass is 524 g/mol. The SMILES string of the molecule is Cc1c(CC(=O)O)c(-c2ccc(Cl)cc2OC(C)(C)C)c2cc(Cl)n3c2c1N(S(C)(=O)=O)CC3. The van der Waals surface area contributed by atoms with Crippen LogP contribution in [0.2, 0.25) is 10.2 Å². The second-order valence-corrected chi connectivity index (χ2v) is 12.2. The molecule has 7 nitrogen and oxygen atoms in total. The standard InChI is InChI=1S/C24H26Cl2N2O5S/c1-13-16(12-20(29)30)21(15-7-6-14(25)10-18(15)33-24(2,3)4)17-11-19(26)27-8-9-28(34(5,31)32)22(13)23(17)27/h6-7,10-11H,8-9,12H2,1-5H3,(H,29,30). The Hall–Kier alpha value is -2.42. The molecule has 1 aromatic heterocycles. The van der Waals surface area contributed by atoms with Gasteiger partial charge in [0, 0.05) is 22.5 Å². The van der Waals surface area contributed by atoms with Gasteiger partial charge in [0.1, 0.15) is 16.5 Å². The van der Waals surface area contributed by atoms with Crippen LogP contribution in [0, 0.1) is 6.92 Å². The van der Waals surface area contributed by atoms with E-state index in [-0.39, 0.29) is 13.0 Å². The lowest BCUT2D eigenvalue weighted by Crippen LogP contribution is -2.37. The zero-order valence-electron chi connectivity index (χ0n) is 19.6. The van der Waals surface area contributed by atoms with Crippen LogP contribution in [0.5, 0.6) is 5.75 Å². The third-order valence-electron chi connectivity index (χ3n) is 5.78. The molecule has 1 N–H and O–H groups in total. The van der Waals surface area contributed by atoms with Crippen molar-refractivity contribution < 1.29 is 23.1 Å². The molecule has 0 radical (unpaired) electrons. The number of nitrogens with zero attached hydrogens (tertiary/aromatic N) is 2. The Bertz CT molecular complexity index is 1440. The summed E-state index contributed by atoms with van der Waals surface area (Å²) in [5, 5.41) is 11.4. The quantitative estimate of drug-likeness (QED) is 0.475. The third kappa shape index (κ3) is 4.34. The number of carboxylic acids is 1. The molecule has 2 heterocycles. The number of benzene rings is 2. The van der Waals surface area contributed by atoms with E-state index in [9.17, 15) is 18.3 Å². The van der Waals surface area contributed by atoms with Crippen LogP contribution in [0.15, 0.2) is 24.3 Å². The summed E-state index contributed by atoms with van der Waals surface area (Å²) in [4.78, 5) is 12.0. The molecular weight excluding hydrogens is 499 g/mol. The van der Waals surface area contributed by atoms with Crippen molar-refractivity contribution in [1.29, 1.82) is 0 Å². The lowest BCUT2D eigenvalue weighted by molar-refractivity contribution is -0.136. The summed E-state index contributed by atoms with van der Waals surface area (Å²) in [5.74, 6) is -0.531. The summed E-state index contributed by atoms with van der Waals surface area (Å²) in [6.45, 7) is 8.08. The Morgan fingerprint density at radius 2 is 1.85 bits per heavy atom. The number of carbonyl (C=O) groups is 1. The van der Waals surface area contributed by atoms with Gasteiger partial charge in [-0.05, 0) is 68.7 Å². The normalized spacial score (nSPS) is 14.0. The Labute approximate surface area is 208 Å². The summed E-state index contributed by atoms with van der Waals surface area (Å²) < 4.78 is 34.8. The van der Waals surface area contributed by atoms with Crippen LogP contribution < -0.4 is 9.04 Å². The van der Waals surface area contributed by atoms with Gasteiger partial charge in [-0.3, -0.25) is 9.10 Å². The average molecular weight is 525 g/mol. The van der Waals surface area contributed by atoms with Crippen molar-refractivity contribution in [3.63, 3.8) is 0 Å². The molecule has 0 spiro atoms. The number of aliphatic carboxylic acids is 1. The maximum Gasteiger partial charge on any atom is 0.307 e. The molecule has 3 aromatic rings. The fourth-order valence-electron chi connectivity index (χ4n) is 4.59. The Morgan fingerprint density at radius 1 is 1.18 bits per heavy atom. The first-order valence-corrected chi connectivity index (χ1v) is 13.3. The Balaban J connectivity index is 2.18. The second-order valence-electron chi connectivity index (χ2n) is 9.47. The van der Waals surface area contributed by atoms with Gasteiger partial charge in [-0.15, -0.1) is 0 Å². The molecule has 0 saturated heterocycles. The first kappa shape index (κ1) is 24.7. The van der Waals surface area contributed by atoms with E-state index < -0.39 is 21.6 Å². The van der Waals surface area contributed by atoms with Gasteiger partial charge in [-0.25, -0.2) is 8.42 Å². The zero-order chi connectivity index (χ0) is 25.2. The molecule has 0 amide bonds. The molecule has 2 aromatic carbocycles. The Kier molecular flexibility index (Phi) is 6.07. The lowest BCUT2D eigenvalue weighted by atomic mass is 9.88. The number of anilines is 1. The summed E-state index contributed by atoms with van der Waals surface area (Å²) >= 11 is 12.9. The van der Waals surface area contributed by atoms with E-state index in [0.29, 0.717) is 61.3 Å². The van der Waals surface area contributed by atoms with Gasteiger partial charge < -0.3 is 14.4 Å². The number of hydrogen-bond donors (Lipinski definition) is 1. The van der Waals surface area contributed by atoms with Crippen molar-refractivity contribution in [2.45, 2.75) is 46.3 Å². The highest BCUT2D eigenvalue weighted by Gasteiger charge is 2.33. The molecular formula is C24H26Cl2N2O5S. The van der Waals surface area contributed by atoms with E-state index in [1.54, 1.807) is 31.2 Å². The highest BCUT2D eigenvalue weighted by molar-refractivity contribution is 7.92. The molecule has 0 atom stereocenters. The van der Waals surface area contributed by atoms with Crippen molar-refractivity contribution >= 4 is 55.8 Å². The van der Waals surface area contributed by atoms with Gasteiger partial charge in [-0.1, -0.05) is 23.2 Å². The molecule has 0 fully saturated rings. The molecule has 1 aliphatic heterocycles. The predicted octanol–water partition coefficient (Wildman–Crippen LogP) is 5.51. The van der Waals surface area contributed by atoms with Crippen molar-refractivity contribution in [3.05, 3.63) is 45.6 Å². The number of rotatable bonds is 5. The maximum absolute atomic E-state index is 12.7. The first-order valence-electron chi connectivity index (χ1n) is 10.7. The van der Waals surface area contributed by atoms with E-state index in [4.69, 9.17) is 27.9 Å². The van der Waals surface area contributed by atoms with Crippen molar-refractivity contribution in [1.82, 2.24) is 4.57 Å². The van der Waals surface area contributed by atoms with Crippen LogP contribution in [-0.4, -0.2) is 42.5 Å². The molecule has 0 unspecified atom stereocenters. The second kappa shape index (κ2) is 8.36. The van der Waals surface area contributed by atoms with Gasteiger partial charge in [0.25, 0.3) is 0 Å². The van der Waals surface area contributed by atoms with E-state index in [0.717, 1.165) is 6.26 Å². The van der Waals surface area contributed by atoms with Crippen LogP contribution in [0.4, 0.5) is 5.69 Å². The molecule has 10 heteroatoms. The summed E-state index contributed by atoms with van der Waals surface area (Å²) in [6.07, 6.45) is 0.847. The molecule has 1 aliphatic rings. The largest absolute Gasteiger partial charge is 0.487 e. The lowest BCUT2D eigenvalue weighted by Gasteiger charge is -2.32. The highest BCUT2D eigenvalue weighted by atomic mass is 35.5. The predicted molar refractivity (Wildman–Crippen MR) is 136 cm³/mol. The van der Waals surface area contributed by atoms with Crippen LogP contribution in [-0.2, 0) is 27.8 Å². The van der Waals surface area contributed by atoms with Gasteiger partial charge >= 0.3 is 5.97 Å². The topological polar surface area (TPSA) is 88.8 Å². The number of hydrogen-bond acceptors (Lipinski definition) is 4. The van der Waals surface area contributed by atoms with Gasteiger partial charge in [-0.2, -0.15) is 0 Å². The summed E-state index contributed by atoms with van der Waals surface area (Å²) in [6, 6.07) is 6.99. The minimum Gasteiger partial charge on any atom is -0.487 e. The first-order chi connectivity index (χ1) is 15.7. The number of sulfonamides is 1.